The smallest absolute Gasteiger partial charge is 0.191 e. The van der Waals surface area contributed by atoms with E-state index < -0.39 is 0 Å². The Hall–Kier alpha value is -1.83. The van der Waals surface area contributed by atoms with Gasteiger partial charge in [0.15, 0.2) is 5.96 Å². The molecule has 0 aliphatic carbocycles. The predicted octanol–water partition coefficient (Wildman–Crippen LogP) is 1.57. The maximum atomic E-state index is 5.75. The molecule has 7 nitrogen and oxygen atoms in total. The lowest BCUT2D eigenvalue weighted by Crippen LogP contribution is -2.37. The molecule has 0 aromatic heterocycles. The summed E-state index contributed by atoms with van der Waals surface area (Å²) >= 11 is 0. The first-order valence-corrected chi connectivity index (χ1v) is 9.16. The van der Waals surface area contributed by atoms with Crippen LogP contribution in [0.4, 0.5) is 0 Å². The van der Waals surface area contributed by atoms with Gasteiger partial charge in [0.25, 0.3) is 0 Å². The second kappa shape index (κ2) is 12.5. The van der Waals surface area contributed by atoms with Crippen LogP contribution >= 0.6 is 0 Å². The van der Waals surface area contributed by atoms with Gasteiger partial charge >= 0.3 is 0 Å². The van der Waals surface area contributed by atoms with E-state index in [1.807, 2.05) is 24.3 Å². The third kappa shape index (κ3) is 8.03. The molecule has 146 valence electrons. The fraction of sp³-hybridized carbons (Fsp3) is 0.632. The summed E-state index contributed by atoms with van der Waals surface area (Å²) in [6, 6.07) is 8.01. The minimum atomic E-state index is 0.272. The van der Waals surface area contributed by atoms with Crippen LogP contribution in [0.25, 0.3) is 0 Å². The highest BCUT2D eigenvalue weighted by molar-refractivity contribution is 5.79. The molecule has 1 atom stereocenters. The quantitative estimate of drug-likeness (QED) is 0.352. The molecule has 2 N–H and O–H groups in total. The van der Waals surface area contributed by atoms with Gasteiger partial charge in [-0.25, -0.2) is 0 Å². The van der Waals surface area contributed by atoms with E-state index in [4.69, 9.17) is 18.9 Å². The fourth-order valence-electron chi connectivity index (χ4n) is 2.53. The Bertz CT molecular complexity index is 516. The summed E-state index contributed by atoms with van der Waals surface area (Å²) in [5.41, 5.74) is 1.16. The predicted molar refractivity (Wildman–Crippen MR) is 102 cm³/mol. The molecule has 7 heteroatoms. The first-order chi connectivity index (χ1) is 12.8. The lowest BCUT2D eigenvalue weighted by molar-refractivity contribution is 0.0420. The van der Waals surface area contributed by atoms with Crippen LogP contribution in [0.15, 0.2) is 29.3 Å². The summed E-state index contributed by atoms with van der Waals surface area (Å²) in [4.78, 5) is 4.24. The number of benzene rings is 1. The van der Waals surface area contributed by atoms with Crippen molar-refractivity contribution in [2.24, 2.45) is 4.99 Å². The summed E-state index contributed by atoms with van der Waals surface area (Å²) in [5.74, 6) is 1.63. The normalized spacial score (nSPS) is 17.3. The first kappa shape index (κ1) is 20.5. The molecule has 0 spiro atoms. The molecule has 0 bridgehead atoms. The van der Waals surface area contributed by atoms with E-state index in [1.54, 1.807) is 14.2 Å². The zero-order chi connectivity index (χ0) is 18.5. The third-order valence-corrected chi connectivity index (χ3v) is 4.02. The molecule has 1 aliphatic heterocycles. The Morgan fingerprint density at radius 1 is 1.19 bits per heavy atom. The fourth-order valence-corrected chi connectivity index (χ4v) is 2.53. The Labute approximate surface area is 156 Å². The number of rotatable bonds is 11. The summed E-state index contributed by atoms with van der Waals surface area (Å²) in [6.45, 7) is 4.95. The molecular formula is C19H31N3O4. The third-order valence-electron chi connectivity index (χ3n) is 4.02. The number of guanidine groups is 1. The molecule has 1 saturated heterocycles. The van der Waals surface area contributed by atoms with Gasteiger partial charge in [-0.2, -0.15) is 0 Å². The van der Waals surface area contributed by atoms with Crippen molar-refractivity contribution in [1.29, 1.82) is 0 Å². The molecule has 2 rings (SSSR count). The average Bonchev–Trinajstić information content (AvgIpc) is 3.19. The summed E-state index contributed by atoms with van der Waals surface area (Å²) in [5, 5.41) is 6.61. The molecule has 1 aliphatic rings. The number of methoxy groups -OCH3 is 1. The van der Waals surface area contributed by atoms with E-state index in [2.05, 4.69) is 15.6 Å². The largest absolute Gasteiger partial charge is 0.491 e. The lowest BCUT2D eigenvalue weighted by Gasteiger charge is -2.13. The van der Waals surface area contributed by atoms with Gasteiger partial charge in [0, 0.05) is 40.5 Å². The molecule has 1 aromatic rings. The van der Waals surface area contributed by atoms with Gasteiger partial charge in [0.2, 0.25) is 0 Å². The van der Waals surface area contributed by atoms with E-state index >= 15 is 0 Å². The number of aliphatic imine (C=N–C) groups is 1. The maximum absolute atomic E-state index is 5.75. The average molecular weight is 365 g/mol. The van der Waals surface area contributed by atoms with Crippen LogP contribution in [0.1, 0.15) is 18.4 Å². The molecule has 0 saturated carbocycles. The Morgan fingerprint density at radius 3 is 2.73 bits per heavy atom. The summed E-state index contributed by atoms with van der Waals surface area (Å²) in [7, 11) is 3.44. The van der Waals surface area contributed by atoms with Gasteiger partial charge in [-0.1, -0.05) is 12.1 Å². The van der Waals surface area contributed by atoms with E-state index in [0.29, 0.717) is 19.8 Å². The Balaban J connectivity index is 1.58. The van der Waals surface area contributed by atoms with Crippen LogP contribution in [-0.4, -0.2) is 65.8 Å². The van der Waals surface area contributed by atoms with E-state index in [1.165, 1.54) is 0 Å². The van der Waals surface area contributed by atoms with Crippen LogP contribution in [-0.2, 0) is 20.8 Å². The Kier molecular flexibility index (Phi) is 9.86. The molecule has 26 heavy (non-hydrogen) atoms. The monoisotopic (exact) mass is 365 g/mol. The van der Waals surface area contributed by atoms with E-state index in [9.17, 15) is 0 Å². The van der Waals surface area contributed by atoms with Gasteiger partial charge in [0.1, 0.15) is 12.4 Å². The van der Waals surface area contributed by atoms with Crippen LogP contribution in [0.5, 0.6) is 5.75 Å². The minimum absolute atomic E-state index is 0.272. The van der Waals surface area contributed by atoms with Crippen LogP contribution in [0, 0.1) is 0 Å². The zero-order valence-corrected chi connectivity index (χ0v) is 15.8. The molecule has 1 fully saturated rings. The summed E-state index contributed by atoms with van der Waals surface area (Å²) < 4.78 is 21.6. The molecule has 1 aromatic carbocycles. The molecule has 1 unspecified atom stereocenters. The Morgan fingerprint density at radius 2 is 2.04 bits per heavy atom. The van der Waals surface area contributed by atoms with Gasteiger partial charge in [-0.3, -0.25) is 4.99 Å². The van der Waals surface area contributed by atoms with Gasteiger partial charge in [-0.15, -0.1) is 0 Å². The van der Waals surface area contributed by atoms with E-state index in [0.717, 1.165) is 56.5 Å². The molecular weight excluding hydrogens is 334 g/mol. The SMILES string of the molecule is CN=C(NCCCOC1CCOC1)NCc1ccc(OCCOC)cc1. The molecule has 0 amide bonds. The van der Waals surface area contributed by atoms with Crippen molar-refractivity contribution < 1.29 is 18.9 Å². The highest BCUT2D eigenvalue weighted by Crippen LogP contribution is 2.12. The van der Waals surface area contributed by atoms with E-state index in [-0.39, 0.29) is 6.10 Å². The standard InChI is InChI=1S/C19H31N3O4/c1-20-19(21-9-3-10-25-18-8-11-24-15-18)22-14-16-4-6-17(7-5-16)26-13-12-23-2/h4-7,18H,3,8-15H2,1-2H3,(H2,20,21,22). The topological polar surface area (TPSA) is 73.3 Å². The van der Waals surface area contributed by atoms with Crippen LogP contribution in [0.2, 0.25) is 0 Å². The van der Waals surface area contributed by atoms with Crippen molar-refractivity contribution in [2.45, 2.75) is 25.5 Å². The number of ether oxygens (including phenoxy) is 4. The second-order valence-electron chi connectivity index (χ2n) is 6.05. The first-order valence-electron chi connectivity index (χ1n) is 9.16. The van der Waals surface area contributed by atoms with Crippen LogP contribution in [0.3, 0.4) is 0 Å². The number of hydrogen-bond acceptors (Lipinski definition) is 5. The van der Waals surface area contributed by atoms with Gasteiger partial charge in [-0.05, 0) is 30.5 Å². The highest BCUT2D eigenvalue weighted by Gasteiger charge is 2.15. The van der Waals surface area contributed by atoms with Crippen molar-refractivity contribution >= 4 is 5.96 Å². The van der Waals surface area contributed by atoms with Crippen molar-refractivity contribution in [3.05, 3.63) is 29.8 Å². The van der Waals surface area contributed by atoms with Crippen molar-refractivity contribution in [3.63, 3.8) is 0 Å². The molecule has 0 radical (unpaired) electrons. The van der Waals surface area contributed by atoms with Gasteiger partial charge in [0.05, 0.1) is 19.3 Å². The lowest BCUT2D eigenvalue weighted by atomic mass is 10.2. The van der Waals surface area contributed by atoms with Crippen LogP contribution < -0.4 is 15.4 Å². The van der Waals surface area contributed by atoms with Crippen molar-refractivity contribution in [3.8, 4) is 5.75 Å². The minimum Gasteiger partial charge on any atom is -0.491 e. The van der Waals surface area contributed by atoms with Gasteiger partial charge < -0.3 is 29.6 Å². The maximum Gasteiger partial charge on any atom is 0.191 e. The highest BCUT2D eigenvalue weighted by atomic mass is 16.5. The zero-order valence-electron chi connectivity index (χ0n) is 15.8. The van der Waals surface area contributed by atoms with Crippen molar-refractivity contribution in [2.75, 3.05) is 53.7 Å². The van der Waals surface area contributed by atoms with Crippen molar-refractivity contribution in [1.82, 2.24) is 10.6 Å². The summed E-state index contributed by atoms with van der Waals surface area (Å²) in [6.07, 6.45) is 2.21. The second-order valence-corrected chi connectivity index (χ2v) is 6.05. The number of nitrogens with zero attached hydrogens (tertiary/aromatic N) is 1. The number of nitrogens with one attached hydrogen (secondary N) is 2. The number of hydrogen-bond donors (Lipinski definition) is 2. The molecule has 1 heterocycles.